The highest BCUT2D eigenvalue weighted by atomic mass is 79.9. The van der Waals surface area contributed by atoms with E-state index in [9.17, 15) is 4.79 Å². The molecule has 0 aliphatic heterocycles. The number of aromatic nitrogens is 2. The van der Waals surface area contributed by atoms with Crippen LogP contribution in [0.25, 0.3) is 0 Å². The quantitative estimate of drug-likeness (QED) is 0.720. The lowest BCUT2D eigenvalue weighted by atomic mass is 10.3. The minimum absolute atomic E-state index is 0.0889. The monoisotopic (exact) mass is 274 g/mol. The maximum atomic E-state index is 11.3. The lowest BCUT2D eigenvalue weighted by Crippen LogP contribution is -2.18. The average molecular weight is 275 g/mol. The fourth-order valence-electron chi connectivity index (χ4n) is 0.977. The summed E-state index contributed by atoms with van der Waals surface area (Å²) >= 11 is 2.97. The highest BCUT2D eigenvalue weighted by Crippen LogP contribution is 2.09. The molecule has 3 N–H and O–H groups in total. The van der Waals surface area contributed by atoms with Crippen LogP contribution >= 0.6 is 15.9 Å². The van der Waals surface area contributed by atoms with Crippen molar-refractivity contribution >= 4 is 26.2 Å². The highest BCUT2D eigenvalue weighted by molar-refractivity contribution is 9.18. The number of nitrogens with one attached hydrogen (secondary N) is 3. The summed E-state index contributed by atoms with van der Waals surface area (Å²) in [6, 6.07) is 0. The molecule has 0 unspecified atom stereocenters. The Hall–Kier alpha value is -1.17. The third kappa shape index (κ3) is 3.47. The molecule has 5 nitrogen and oxygen atoms in total. The van der Waals surface area contributed by atoms with Crippen LogP contribution in [-0.4, -0.2) is 21.6 Å². The lowest BCUT2D eigenvalue weighted by Gasteiger charge is -2.05. The van der Waals surface area contributed by atoms with Crippen molar-refractivity contribution in [2.24, 2.45) is 0 Å². The molecule has 0 aromatic carbocycles. The topological polar surface area (TPSA) is 81.6 Å². The van der Waals surface area contributed by atoms with Gasteiger partial charge in [0.05, 0.1) is 0 Å². The Morgan fingerprint density at radius 3 is 2.47 bits per heavy atom. The average Bonchev–Trinajstić information content (AvgIpc) is 2.19. The molecule has 0 aliphatic carbocycles. The third-order valence-corrected chi connectivity index (χ3v) is 1.87. The van der Waals surface area contributed by atoms with Gasteiger partial charge in [-0.05, 0) is 22.9 Å². The molecule has 0 saturated carbocycles. The Labute approximate surface area is 97.0 Å². The second-order valence-electron chi connectivity index (χ2n) is 2.44. The number of halogens is 1. The second kappa shape index (κ2) is 6.34. The number of aromatic amines is 1. The first-order valence-electron chi connectivity index (χ1n) is 4.59. The molecule has 0 spiro atoms. The van der Waals surface area contributed by atoms with Gasteiger partial charge in [-0.2, -0.15) is 0 Å². The van der Waals surface area contributed by atoms with Crippen LogP contribution in [0.3, 0.4) is 0 Å². The van der Waals surface area contributed by atoms with Crippen molar-refractivity contribution in [2.45, 2.75) is 20.8 Å². The lowest BCUT2D eigenvalue weighted by molar-refractivity contribution is 1.01. The molecule has 1 rings (SSSR count). The van der Waals surface area contributed by atoms with Crippen molar-refractivity contribution in [3.8, 4) is 0 Å². The molecule has 0 amide bonds. The second-order valence-corrected chi connectivity index (χ2v) is 3.23. The number of anilines is 1. The first-order valence-corrected chi connectivity index (χ1v) is 5.38. The summed E-state index contributed by atoms with van der Waals surface area (Å²) in [5.41, 5.74) is 0.352. The number of hydrogen-bond donors (Lipinski definition) is 3. The summed E-state index contributed by atoms with van der Waals surface area (Å²) in [4.78, 5) is 17.9. The van der Waals surface area contributed by atoms with E-state index in [1.165, 1.54) is 0 Å². The number of rotatable bonds is 2. The van der Waals surface area contributed by atoms with Crippen molar-refractivity contribution in [3.05, 3.63) is 21.9 Å². The van der Waals surface area contributed by atoms with Crippen LogP contribution in [0.5, 0.6) is 0 Å². The van der Waals surface area contributed by atoms with E-state index in [1.54, 1.807) is 14.0 Å². The minimum atomic E-state index is -0.269. The minimum Gasteiger partial charge on any atom is -0.382 e. The largest absolute Gasteiger partial charge is 0.382 e. The summed E-state index contributed by atoms with van der Waals surface area (Å²) in [5.74, 6) is 0.489. The van der Waals surface area contributed by atoms with Gasteiger partial charge in [-0.25, -0.2) is 4.98 Å². The molecule has 0 aliphatic rings. The number of nitrogens with zero attached hydrogens (tertiary/aromatic N) is 1. The number of aryl methyl sites for hydroxylation is 1. The van der Waals surface area contributed by atoms with Crippen molar-refractivity contribution in [1.82, 2.24) is 9.97 Å². The number of hydrogen-bond acceptors (Lipinski definition) is 4. The van der Waals surface area contributed by atoms with Crippen molar-refractivity contribution in [1.29, 1.82) is 5.41 Å². The van der Waals surface area contributed by atoms with Crippen molar-refractivity contribution in [3.63, 3.8) is 0 Å². The zero-order valence-electron chi connectivity index (χ0n) is 9.23. The van der Waals surface area contributed by atoms with E-state index in [4.69, 9.17) is 5.41 Å². The van der Waals surface area contributed by atoms with Crippen molar-refractivity contribution in [2.75, 3.05) is 12.4 Å². The SMILES string of the molecule is CC.CNc1c(C(=N)Br)nc(C)[nH]c1=O. The van der Waals surface area contributed by atoms with Crippen LogP contribution in [0.4, 0.5) is 5.69 Å². The molecule has 0 radical (unpaired) electrons. The number of H-pyrrole nitrogens is 1. The van der Waals surface area contributed by atoms with Gasteiger partial charge >= 0.3 is 0 Å². The first-order chi connectivity index (χ1) is 7.06. The van der Waals surface area contributed by atoms with Gasteiger partial charge in [0, 0.05) is 7.05 Å². The van der Waals surface area contributed by atoms with Gasteiger partial charge in [-0.15, -0.1) is 0 Å². The normalized spacial score (nSPS) is 8.87. The zero-order chi connectivity index (χ0) is 12.0. The van der Waals surface area contributed by atoms with E-state index in [1.807, 2.05) is 13.8 Å². The Morgan fingerprint density at radius 2 is 2.07 bits per heavy atom. The van der Waals surface area contributed by atoms with E-state index in [0.717, 1.165) is 0 Å². The van der Waals surface area contributed by atoms with Crippen LogP contribution in [0.2, 0.25) is 0 Å². The van der Waals surface area contributed by atoms with E-state index in [2.05, 4.69) is 31.2 Å². The van der Waals surface area contributed by atoms with Gasteiger partial charge < -0.3 is 10.3 Å². The summed E-state index contributed by atoms with van der Waals surface area (Å²) in [6.07, 6.45) is 0. The molecule has 0 bridgehead atoms. The van der Waals surface area contributed by atoms with E-state index in [-0.39, 0.29) is 10.2 Å². The fraction of sp³-hybridized carbons (Fsp3) is 0.444. The molecule has 6 heteroatoms. The fourth-order valence-corrected chi connectivity index (χ4v) is 1.26. The van der Waals surface area contributed by atoms with Gasteiger partial charge in [-0.3, -0.25) is 10.2 Å². The van der Waals surface area contributed by atoms with Crippen LogP contribution in [0.15, 0.2) is 4.79 Å². The predicted molar refractivity (Wildman–Crippen MR) is 66.2 cm³/mol. The van der Waals surface area contributed by atoms with E-state index < -0.39 is 0 Å². The van der Waals surface area contributed by atoms with E-state index >= 15 is 0 Å². The zero-order valence-corrected chi connectivity index (χ0v) is 10.8. The first kappa shape index (κ1) is 13.8. The molecule has 0 atom stereocenters. The molecule has 1 aromatic heterocycles. The highest BCUT2D eigenvalue weighted by Gasteiger charge is 2.10. The molecule has 0 saturated heterocycles. The van der Waals surface area contributed by atoms with Gasteiger partial charge in [0.25, 0.3) is 5.56 Å². The maximum Gasteiger partial charge on any atom is 0.274 e. The van der Waals surface area contributed by atoms with Crippen LogP contribution in [-0.2, 0) is 0 Å². The summed E-state index contributed by atoms with van der Waals surface area (Å²) < 4.78 is 0.0889. The van der Waals surface area contributed by atoms with Gasteiger partial charge in [-0.1, -0.05) is 13.8 Å². The molecule has 15 heavy (non-hydrogen) atoms. The molecular weight excluding hydrogens is 260 g/mol. The Kier molecular flexibility index (Phi) is 5.84. The molecule has 1 aromatic rings. The Bertz CT molecular complexity index is 400. The smallest absolute Gasteiger partial charge is 0.274 e. The molecule has 84 valence electrons. The Morgan fingerprint density at radius 1 is 1.53 bits per heavy atom. The van der Waals surface area contributed by atoms with E-state index in [0.29, 0.717) is 17.2 Å². The van der Waals surface area contributed by atoms with Gasteiger partial charge in [0.2, 0.25) is 0 Å². The predicted octanol–water partition coefficient (Wildman–Crippen LogP) is 1.87. The van der Waals surface area contributed by atoms with Gasteiger partial charge in [0.15, 0.2) is 0 Å². The summed E-state index contributed by atoms with van der Waals surface area (Å²) in [7, 11) is 1.61. The van der Waals surface area contributed by atoms with Crippen molar-refractivity contribution < 1.29 is 0 Å². The van der Waals surface area contributed by atoms with Gasteiger partial charge in [0.1, 0.15) is 21.8 Å². The molecule has 1 heterocycles. The summed E-state index contributed by atoms with van der Waals surface area (Å²) in [6.45, 7) is 5.67. The van der Waals surface area contributed by atoms with Crippen LogP contribution in [0.1, 0.15) is 25.4 Å². The van der Waals surface area contributed by atoms with Crippen LogP contribution < -0.4 is 10.9 Å². The Balaban J connectivity index is 0.000000921. The van der Waals surface area contributed by atoms with Crippen LogP contribution in [0, 0.1) is 12.3 Å². The standard InChI is InChI=1S/C7H9BrN4O.C2H6/c1-3-11-4(6(8)9)5(10-2)7(13)12-3;1-2/h9-10H,1-2H3,(H,11,12,13);1-2H3. The third-order valence-electron chi connectivity index (χ3n) is 1.50. The molecule has 0 fully saturated rings. The molecular formula is C9H15BrN4O. The summed E-state index contributed by atoms with van der Waals surface area (Å²) in [5, 5.41) is 10.0. The maximum absolute atomic E-state index is 11.3.